The first kappa shape index (κ1) is 18.8. The maximum atomic E-state index is 13.6. The standard InChI is InChI=1S/C16H19FN2O3S.ClH/c1-18-10-9-16-22-15-11-12(17)7-8-14(15)19(23(16,20)21)13-5-3-2-4-6-13;/h2-8,11,16,18,20-21H,9-10H2,1H3;1H/t16-;/m1./s1. The molecule has 1 atom stereocenters. The number of fused-ring (bicyclic) bond motifs is 1. The maximum absolute atomic E-state index is 13.6. The summed E-state index contributed by atoms with van der Waals surface area (Å²) in [5.74, 6) is -0.122. The molecule has 0 amide bonds. The first-order valence-corrected chi connectivity index (χ1v) is 8.84. The number of hydrogen-bond donors (Lipinski definition) is 3. The van der Waals surface area contributed by atoms with Gasteiger partial charge in [-0.25, -0.2) is 8.70 Å². The van der Waals surface area contributed by atoms with Crippen LogP contribution in [0.5, 0.6) is 5.75 Å². The van der Waals surface area contributed by atoms with Crippen LogP contribution in [0, 0.1) is 5.82 Å². The van der Waals surface area contributed by atoms with E-state index in [2.05, 4.69) is 5.32 Å². The van der Waals surface area contributed by atoms with Gasteiger partial charge < -0.3 is 10.1 Å². The lowest BCUT2D eigenvalue weighted by Crippen LogP contribution is -2.40. The van der Waals surface area contributed by atoms with Crippen molar-refractivity contribution in [3.05, 3.63) is 54.3 Å². The van der Waals surface area contributed by atoms with Crippen LogP contribution in [0.25, 0.3) is 0 Å². The van der Waals surface area contributed by atoms with Gasteiger partial charge in [0.2, 0.25) is 5.44 Å². The molecule has 1 aliphatic heterocycles. The van der Waals surface area contributed by atoms with Gasteiger partial charge in [0.05, 0.1) is 5.69 Å². The van der Waals surface area contributed by atoms with Gasteiger partial charge in [-0.05, 0) is 31.3 Å². The molecule has 2 aromatic rings. The molecule has 0 spiro atoms. The summed E-state index contributed by atoms with van der Waals surface area (Å²) in [7, 11) is -1.49. The average Bonchev–Trinajstić information content (AvgIpc) is 2.53. The largest absolute Gasteiger partial charge is 0.466 e. The van der Waals surface area contributed by atoms with E-state index >= 15 is 0 Å². The van der Waals surface area contributed by atoms with E-state index in [9.17, 15) is 13.5 Å². The Labute approximate surface area is 148 Å². The van der Waals surface area contributed by atoms with Crippen LogP contribution in [0.2, 0.25) is 0 Å². The van der Waals surface area contributed by atoms with Crippen molar-refractivity contribution in [3.63, 3.8) is 0 Å². The zero-order valence-corrected chi connectivity index (χ0v) is 14.7. The lowest BCUT2D eigenvalue weighted by Gasteiger charge is -2.51. The molecule has 24 heavy (non-hydrogen) atoms. The number of halogens is 2. The number of anilines is 2. The lowest BCUT2D eigenvalue weighted by molar-refractivity contribution is 0.237. The Bertz CT molecular complexity index is 690. The van der Waals surface area contributed by atoms with Crippen molar-refractivity contribution in [1.29, 1.82) is 0 Å². The minimum Gasteiger partial charge on any atom is -0.466 e. The third-order valence-corrected chi connectivity index (χ3v) is 5.62. The first-order valence-electron chi connectivity index (χ1n) is 7.27. The first-order chi connectivity index (χ1) is 11.0. The summed E-state index contributed by atoms with van der Waals surface area (Å²) in [5, 5.41) is 2.96. The van der Waals surface area contributed by atoms with E-state index in [1.807, 2.05) is 18.2 Å². The van der Waals surface area contributed by atoms with E-state index in [0.29, 0.717) is 30.1 Å². The third-order valence-electron chi connectivity index (χ3n) is 3.64. The van der Waals surface area contributed by atoms with Crippen LogP contribution in [-0.4, -0.2) is 28.1 Å². The van der Waals surface area contributed by atoms with Gasteiger partial charge in [0, 0.05) is 19.0 Å². The van der Waals surface area contributed by atoms with Crippen LogP contribution in [0.3, 0.4) is 0 Å². The molecule has 5 nitrogen and oxygen atoms in total. The van der Waals surface area contributed by atoms with Gasteiger partial charge in [-0.15, -0.1) is 12.4 Å². The van der Waals surface area contributed by atoms with Gasteiger partial charge in [0.1, 0.15) is 11.5 Å². The number of benzene rings is 2. The fraction of sp³-hybridized carbons (Fsp3) is 0.250. The Hall–Kier alpha value is -1.51. The molecular formula is C16H20ClFN2O3S. The highest BCUT2D eigenvalue weighted by Gasteiger charge is 2.41. The summed E-state index contributed by atoms with van der Waals surface area (Å²) >= 11 is 0. The van der Waals surface area contributed by atoms with Crippen molar-refractivity contribution in [1.82, 2.24) is 5.32 Å². The van der Waals surface area contributed by atoms with Crippen molar-refractivity contribution in [2.24, 2.45) is 0 Å². The number of rotatable bonds is 4. The van der Waals surface area contributed by atoms with E-state index in [1.54, 1.807) is 19.2 Å². The highest BCUT2D eigenvalue weighted by molar-refractivity contribution is 8.26. The smallest absolute Gasteiger partial charge is 0.207 e. The quantitative estimate of drug-likeness (QED) is 0.741. The fourth-order valence-corrected chi connectivity index (χ4v) is 4.33. The van der Waals surface area contributed by atoms with Crippen LogP contribution < -0.4 is 14.4 Å². The van der Waals surface area contributed by atoms with Crippen LogP contribution >= 0.6 is 23.2 Å². The normalized spacial score (nSPS) is 19.7. The second kappa shape index (κ2) is 7.58. The minimum atomic E-state index is -3.27. The summed E-state index contributed by atoms with van der Waals surface area (Å²) in [4.78, 5) is 0. The molecule has 1 heterocycles. The third kappa shape index (κ3) is 3.45. The molecule has 0 fully saturated rings. The Morgan fingerprint density at radius 2 is 1.92 bits per heavy atom. The Balaban J connectivity index is 0.00000208. The van der Waals surface area contributed by atoms with E-state index in [0.717, 1.165) is 0 Å². The summed E-state index contributed by atoms with van der Waals surface area (Å²) in [5.41, 5.74) is 0.223. The lowest BCUT2D eigenvalue weighted by atomic mass is 10.2. The molecule has 3 N–H and O–H groups in total. The van der Waals surface area contributed by atoms with Crippen LogP contribution in [0.1, 0.15) is 6.42 Å². The molecule has 132 valence electrons. The van der Waals surface area contributed by atoms with Gasteiger partial charge in [-0.2, -0.15) is 0 Å². The van der Waals surface area contributed by atoms with Crippen molar-refractivity contribution in [2.45, 2.75) is 11.9 Å². The van der Waals surface area contributed by atoms with Gasteiger partial charge in [-0.1, -0.05) is 29.0 Å². The fourth-order valence-electron chi connectivity index (χ4n) is 2.56. The number of nitrogens with zero attached hydrogens (tertiary/aromatic N) is 1. The molecule has 0 aromatic heterocycles. The molecule has 1 aliphatic rings. The summed E-state index contributed by atoms with van der Waals surface area (Å²) < 4.78 is 42.3. The van der Waals surface area contributed by atoms with E-state index in [-0.39, 0.29) is 12.4 Å². The molecule has 8 heteroatoms. The van der Waals surface area contributed by atoms with Crippen molar-refractivity contribution in [3.8, 4) is 5.75 Å². The number of nitrogens with one attached hydrogen (secondary N) is 1. The molecule has 0 bridgehead atoms. The molecule has 0 aliphatic carbocycles. The zero-order valence-electron chi connectivity index (χ0n) is 13.1. The summed E-state index contributed by atoms with van der Waals surface area (Å²) in [6, 6.07) is 13.1. The van der Waals surface area contributed by atoms with Gasteiger partial charge >= 0.3 is 0 Å². The molecule has 2 aromatic carbocycles. The Kier molecular flexibility index (Phi) is 5.95. The average molecular weight is 375 g/mol. The Morgan fingerprint density at radius 3 is 2.58 bits per heavy atom. The van der Waals surface area contributed by atoms with E-state index in [1.165, 1.54) is 22.5 Å². The highest BCUT2D eigenvalue weighted by Crippen LogP contribution is 2.61. The van der Waals surface area contributed by atoms with Crippen LogP contribution in [0.4, 0.5) is 15.8 Å². The molecule has 0 radical (unpaired) electrons. The van der Waals surface area contributed by atoms with E-state index in [4.69, 9.17) is 4.74 Å². The van der Waals surface area contributed by atoms with Crippen molar-refractivity contribution >= 4 is 34.6 Å². The summed E-state index contributed by atoms with van der Waals surface area (Å²) in [6.07, 6.45) is 0.387. The maximum Gasteiger partial charge on any atom is 0.207 e. The highest BCUT2D eigenvalue weighted by atomic mass is 35.5. The second-order valence-electron chi connectivity index (χ2n) is 5.24. The second-order valence-corrected chi connectivity index (χ2v) is 7.26. The molecular weight excluding hydrogens is 355 g/mol. The number of hydrogen-bond acceptors (Lipinski definition) is 5. The number of para-hydroxylation sites is 1. The minimum absolute atomic E-state index is 0. The topological polar surface area (TPSA) is 65.0 Å². The predicted octanol–water partition coefficient (Wildman–Crippen LogP) is 4.38. The van der Waals surface area contributed by atoms with Gasteiger partial charge in [0.15, 0.2) is 5.75 Å². The van der Waals surface area contributed by atoms with E-state index < -0.39 is 22.0 Å². The monoisotopic (exact) mass is 374 g/mol. The van der Waals surface area contributed by atoms with Crippen molar-refractivity contribution in [2.75, 3.05) is 17.9 Å². The molecule has 0 saturated heterocycles. The van der Waals surface area contributed by atoms with Crippen LogP contribution in [-0.2, 0) is 0 Å². The number of ether oxygens (including phenoxy) is 1. The Morgan fingerprint density at radius 1 is 1.21 bits per heavy atom. The SMILES string of the molecule is CNCC[C@@H]1Oc2cc(F)ccc2N(c2ccccc2)S1(O)O.Cl. The van der Waals surface area contributed by atoms with Gasteiger partial charge in [-0.3, -0.25) is 9.11 Å². The van der Waals surface area contributed by atoms with Gasteiger partial charge in [0.25, 0.3) is 0 Å². The zero-order chi connectivity index (χ0) is 16.4. The molecule has 3 rings (SSSR count). The molecule has 0 unspecified atom stereocenters. The summed E-state index contributed by atoms with van der Waals surface area (Å²) in [6.45, 7) is 0.549. The van der Waals surface area contributed by atoms with Crippen LogP contribution in [0.15, 0.2) is 48.5 Å². The van der Waals surface area contributed by atoms with Crippen molar-refractivity contribution < 1.29 is 18.2 Å². The predicted molar refractivity (Wildman–Crippen MR) is 98.0 cm³/mol. The molecule has 0 saturated carbocycles.